The molecule has 0 unspecified atom stereocenters. The van der Waals surface area contributed by atoms with Gasteiger partial charge in [0.05, 0.1) is 0 Å². The maximum absolute atomic E-state index is 3.93. The first-order chi connectivity index (χ1) is 6.43. The fourth-order valence-electron chi connectivity index (χ4n) is 0.984. The second-order valence-electron chi connectivity index (χ2n) is 2.74. The number of thioether (sulfide) groups is 1. The van der Waals surface area contributed by atoms with Crippen LogP contribution in [-0.2, 0) is 0 Å². The quantitative estimate of drug-likeness (QED) is 0.708. The second-order valence-corrected chi connectivity index (χ2v) is 3.72. The lowest BCUT2D eigenvalue weighted by atomic mass is 10.3. The summed E-state index contributed by atoms with van der Waals surface area (Å²) in [6, 6.07) is 3.82. The van der Waals surface area contributed by atoms with E-state index in [0.29, 0.717) is 0 Å². The standard InChI is InChI=1S/C9H15N3S/c1-13-8-3-2-6-10-9-5-4-7-11-12-9/h4-5,7H,2-3,6,8H2,1H3,(H,10,12). The first-order valence-electron chi connectivity index (χ1n) is 4.44. The molecule has 0 aliphatic carbocycles. The van der Waals surface area contributed by atoms with E-state index < -0.39 is 0 Å². The number of unbranched alkanes of at least 4 members (excludes halogenated alkanes) is 1. The van der Waals surface area contributed by atoms with E-state index in [1.807, 2.05) is 23.9 Å². The van der Waals surface area contributed by atoms with Gasteiger partial charge in [-0.15, -0.1) is 5.10 Å². The predicted octanol–water partition coefficient (Wildman–Crippen LogP) is 2.03. The van der Waals surface area contributed by atoms with E-state index in [0.717, 1.165) is 12.4 Å². The number of rotatable bonds is 6. The minimum atomic E-state index is 0.867. The Balaban J connectivity index is 2.07. The van der Waals surface area contributed by atoms with Crippen molar-refractivity contribution in [2.75, 3.05) is 23.9 Å². The van der Waals surface area contributed by atoms with Crippen LogP contribution in [0.1, 0.15) is 12.8 Å². The third-order valence-electron chi connectivity index (χ3n) is 1.65. The molecular weight excluding hydrogens is 182 g/mol. The molecule has 4 heteroatoms. The lowest BCUT2D eigenvalue weighted by Gasteiger charge is -2.02. The maximum Gasteiger partial charge on any atom is 0.148 e. The van der Waals surface area contributed by atoms with Crippen LogP contribution in [0.2, 0.25) is 0 Å². The molecule has 0 aliphatic heterocycles. The Morgan fingerprint density at radius 3 is 3.08 bits per heavy atom. The van der Waals surface area contributed by atoms with Crippen LogP contribution in [0.3, 0.4) is 0 Å². The number of hydrogen-bond donors (Lipinski definition) is 1. The van der Waals surface area contributed by atoms with Gasteiger partial charge in [-0.1, -0.05) is 0 Å². The number of nitrogens with zero attached hydrogens (tertiary/aromatic N) is 2. The third kappa shape index (κ3) is 4.72. The molecule has 3 nitrogen and oxygen atoms in total. The van der Waals surface area contributed by atoms with Crippen molar-refractivity contribution in [3.8, 4) is 0 Å². The van der Waals surface area contributed by atoms with E-state index in [1.54, 1.807) is 6.20 Å². The molecule has 0 saturated carbocycles. The average Bonchev–Trinajstić information content (AvgIpc) is 2.19. The van der Waals surface area contributed by atoms with Crippen molar-refractivity contribution in [3.05, 3.63) is 18.3 Å². The summed E-state index contributed by atoms with van der Waals surface area (Å²) in [6.07, 6.45) is 6.26. The largest absolute Gasteiger partial charge is 0.369 e. The van der Waals surface area contributed by atoms with Gasteiger partial charge in [-0.2, -0.15) is 16.9 Å². The highest BCUT2D eigenvalue weighted by atomic mass is 32.2. The van der Waals surface area contributed by atoms with Gasteiger partial charge in [0, 0.05) is 12.7 Å². The Labute approximate surface area is 83.3 Å². The van der Waals surface area contributed by atoms with Gasteiger partial charge in [-0.25, -0.2) is 0 Å². The fraction of sp³-hybridized carbons (Fsp3) is 0.556. The minimum absolute atomic E-state index is 0.867. The Hall–Kier alpha value is -0.770. The first kappa shape index (κ1) is 10.3. The highest BCUT2D eigenvalue weighted by molar-refractivity contribution is 7.98. The topological polar surface area (TPSA) is 37.8 Å². The lowest BCUT2D eigenvalue weighted by Crippen LogP contribution is -2.03. The molecule has 13 heavy (non-hydrogen) atoms. The Bertz CT molecular complexity index is 215. The van der Waals surface area contributed by atoms with Gasteiger partial charge in [0.25, 0.3) is 0 Å². The number of nitrogens with one attached hydrogen (secondary N) is 1. The highest BCUT2D eigenvalue weighted by Gasteiger charge is 1.91. The van der Waals surface area contributed by atoms with E-state index in [4.69, 9.17) is 0 Å². The van der Waals surface area contributed by atoms with Crippen LogP contribution in [-0.4, -0.2) is 28.8 Å². The number of hydrogen-bond acceptors (Lipinski definition) is 4. The van der Waals surface area contributed by atoms with E-state index in [9.17, 15) is 0 Å². The molecular formula is C9H15N3S. The van der Waals surface area contributed by atoms with Gasteiger partial charge >= 0.3 is 0 Å². The molecule has 0 fully saturated rings. The van der Waals surface area contributed by atoms with Gasteiger partial charge in [0.15, 0.2) is 0 Å². The Morgan fingerprint density at radius 1 is 1.46 bits per heavy atom. The van der Waals surface area contributed by atoms with E-state index in [2.05, 4.69) is 21.8 Å². The zero-order valence-electron chi connectivity index (χ0n) is 7.86. The molecule has 1 rings (SSSR count). The molecule has 1 heterocycles. The molecule has 0 aliphatic rings. The molecule has 0 saturated heterocycles. The van der Waals surface area contributed by atoms with E-state index in [1.165, 1.54) is 18.6 Å². The molecule has 0 aromatic carbocycles. The van der Waals surface area contributed by atoms with Crippen molar-refractivity contribution in [1.82, 2.24) is 10.2 Å². The average molecular weight is 197 g/mol. The minimum Gasteiger partial charge on any atom is -0.369 e. The van der Waals surface area contributed by atoms with Crippen LogP contribution in [0.25, 0.3) is 0 Å². The Morgan fingerprint density at radius 2 is 2.38 bits per heavy atom. The smallest absolute Gasteiger partial charge is 0.148 e. The summed E-state index contributed by atoms with van der Waals surface area (Å²) >= 11 is 1.89. The maximum atomic E-state index is 3.93. The molecule has 0 spiro atoms. The molecule has 0 bridgehead atoms. The molecule has 0 radical (unpaired) electrons. The van der Waals surface area contributed by atoms with Gasteiger partial charge in [0.2, 0.25) is 0 Å². The predicted molar refractivity (Wildman–Crippen MR) is 58.1 cm³/mol. The summed E-state index contributed by atoms with van der Waals surface area (Å²) in [5.41, 5.74) is 0. The lowest BCUT2D eigenvalue weighted by molar-refractivity contribution is 0.835. The van der Waals surface area contributed by atoms with Gasteiger partial charge in [-0.3, -0.25) is 0 Å². The zero-order valence-corrected chi connectivity index (χ0v) is 8.68. The van der Waals surface area contributed by atoms with Gasteiger partial charge in [0.1, 0.15) is 5.82 Å². The van der Waals surface area contributed by atoms with Crippen molar-refractivity contribution >= 4 is 17.6 Å². The second kappa shape index (κ2) is 6.71. The molecule has 72 valence electrons. The SMILES string of the molecule is CSCCCCNc1cccnn1. The summed E-state index contributed by atoms with van der Waals surface area (Å²) < 4.78 is 0. The highest BCUT2D eigenvalue weighted by Crippen LogP contribution is 2.01. The van der Waals surface area contributed by atoms with E-state index in [-0.39, 0.29) is 0 Å². The summed E-state index contributed by atoms with van der Waals surface area (Å²) in [4.78, 5) is 0. The first-order valence-corrected chi connectivity index (χ1v) is 5.83. The molecule has 0 amide bonds. The molecule has 0 atom stereocenters. The zero-order chi connectivity index (χ0) is 9.36. The van der Waals surface area contributed by atoms with Crippen molar-refractivity contribution < 1.29 is 0 Å². The normalized spacial score (nSPS) is 9.92. The summed E-state index contributed by atoms with van der Waals surface area (Å²) in [5.74, 6) is 2.11. The van der Waals surface area contributed by atoms with Crippen molar-refractivity contribution in [2.45, 2.75) is 12.8 Å². The van der Waals surface area contributed by atoms with Crippen LogP contribution < -0.4 is 5.32 Å². The van der Waals surface area contributed by atoms with Crippen molar-refractivity contribution in [3.63, 3.8) is 0 Å². The molecule has 1 N–H and O–H groups in total. The summed E-state index contributed by atoms with van der Waals surface area (Å²) in [6.45, 7) is 0.985. The van der Waals surface area contributed by atoms with Crippen LogP contribution in [0.4, 0.5) is 5.82 Å². The van der Waals surface area contributed by atoms with E-state index >= 15 is 0 Å². The van der Waals surface area contributed by atoms with Crippen molar-refractivity contribution in [1.29, 1.82) is 0 Å². The van der Waals surface area contributed by atoms with Crippen LogP contribution in [0.15, 0.2) is 18.3 Å². The summed E-state index contributed by atoms with van der Waals surface area (Å²) in [5, 5.41) is 10.9. The van der Waals surface area contributed by atoms with Crippen molar-refractivity contribution in [2.24, 2.45) is 0 Å². The third-order valence-corrected chi connectivity index (χ3v) is 2.35. The fourth-order valence-corrected chi connectivity index (χ4v) is 1.48. The van der Waals surface area contributed by atoms with Gasteiger partial charge < -0.3 is 5.32 Å². The number of anilines is 1. The number of aromatic nitrogens is 2. The van der Waals surface area contributed by atoms with Crippen LogP contribution in [0.5, 0.6) is 0 Å². The van der Waals surface area contributed by atoms with Crippen LogP contribution in [0, 0.1) is 0 Å². The molecule has 1 aromatic rings. The van der Waals surface area contributed by atoms with Crippen LogP contribution >= 0.6 is 11.8 Å². The van der Waals surface area contributed by atoms with Gasteiger partial charge in [-0.05, 0) is 37.0 Å². The summed E-state index contributed by atoms with van der Waals surface area (Å²) in [7, 11) is 0. The Kier molecular flexibility index (Phi) is 5.33. The monoisotopic (exact) mass is 197 g/mol. The molecule has 1 aromatic heterocycles.